The highest BCUT2D eigenvalue weighted by Gasteiger charge is 2.22. The number of carbonyl (C=O) groups is 1. The molecule has 6 heteroatoms. The standard InChI is InChI=1S/C17H24N2O3S/c20-17-7-3-4-12-19(17)15-8-10-16(11-9-15)23(21,22)18-13-14-5-1-2-6-14/h8-11,14,18H,1-7,12-13H2. The lowest BCUT2D eigenvalue weighted by molar-refractivity contribution is -0.119. The molecule has 0 aromatic heterocycles. The van der Waals surface area contributed by atoms with Crippen molar-refractivity contribution < 1.29 is 13.2 Å². The van der Waals surface area contributed by atoms with Crippen LogP contribution in [0.25, 0.3) is 0 Å². The van der Waals surface area contributed by atoms with Crippen molar-refractivity contribution in [3.63, 3.8) is 0 Å². The van der Waals surface area contributed by atoms with Gasteiger partial charge in [-0.3, -0.25) is 4.79 Å². The largest absolute Gasteiger partial charge is 0.312 e. The highest BCUT2D eigenvalue weighted by molar-refractivity contribution is 7.89. The van der Waals surface area contributed by atoms with E-state index in [0.717, 1.165) is 31.4 Å². The maximum Gasteiger partial charge on any atom is 0.240 e. The number of amides is 1. The molecule has 1 heterocycles. The van der Waals surface area contributed by atoms with Gasteiger partial charge in [0.15, 0.2) is 0 Å². The van der Waals surface area contributed by atoms with Gasteiger partial charge in [-0.15, -0.1) is 0 Å². The highest BCUT2D eigenvalue weighted by atomic mass is 32.2. The van der Waals surface area contributed by atoms with Gasteiger partial charge >= 0.3 is 0 Å². The number of carbonyl (C=O) groups excluding carboxylic acids is 1. The summed E-state index contributed by atoms with van der Waals surface area (Å²) in [4.78, 5) is 13.9. The van der Waals surface area contributed by atoms with Crippen LogP contribution in [0, 0.1) is 5.92 Å². The third-order valence-electron chi connectivity index (χ3n) is 4.82. The van der Waals surface area contributed by atoms with E-state index in [-0.39, 0.29) is 10.8 Å². The number of piperidine rings is 1. The Labute approximate surface area is 138 Å². The van der Waals surface area contributed by atoms with E-state index in [9.17, 15) is 13.2 Å². The number of sulfonamides is 1. The molecule has 1 saturated carbocycles. The van der Waals surface area contributed by atoms with E-state index in [1.165, 1.54) is 12.8 Å². The monoisotopic (exact) mass is 336 g/mol. The molecule has 0 bridgehead atoms. The highest BCUT2D eigenvalue weighted by Crippen LogP contribution is 2.25. The van der Waals surface area contributed by atoms with E-state index >= 15 is 0 Å². The van der Waals surface area contributed by atoms with Gasteiger partial charge in [-0.1, -0.05) is 12.8 Å². The molecule has 0 radical (unpaired) electrons. The van der Waals surface area contributed by atoms with Gasteiger partial charge in [-0.05, 0) is 55.9 Å². The zero-order chi connectivity index (χ0) is 16.3. The van der Waals surface area contributed by atoms with Gasteiger partial charge in [0, 0.05) is 25.2 Å². The van der Waals surface area contributed by atoms with Crippen LogP contribution >= 0.6 is 0 Å². The number of hydrogen-bond acceptors (Lipinski definition) is 3. The zero-order valence-corrected chi connectivity index (χ0v) is 14.1. The van der Waals surface area contributed by atoms with Crippen LogP contribution in [-0.4, -0.2) is 27.4 Å². The fourth-order valence-corrected chi connectivity index (χ4v) is 4.53. The second-order valence-corrected chi connectivity index (χ2v) is 8.27. The van der Waals surface area contributed by atoms with Crippen LogP contribution in [-0.2, 0) is 14.8 Å². The van der Waals surface area contributed by atoms with Crippen molar-refractivity contribution in [1.82, 2.24) is 4.72 Å². The molecule has 0 unspecified atom stereocenters. The Morgan fingerprint density at radius 1 is 1.04 bits per heavy atom. The van der Waals surface area contributed by atoms with Crippen LogP contribution in [0.2, 0.25) is 0 Å². The minimum Gasteiger partial charge on any atom is -0.312 e. The Bertz CT molecular complexity index is 649. The minimum absolute atomic E-state index is 0.117. The molecule has 126 valence electrons. The van der Waals surface area contributed by atoms with E-state index in [1.807, 2.05) is 0 Å². The first-order valence-corrected chi connectivity index (χ1v) is 9.95. The molecule has 1 N–H and O–H groups in total. The summed E-state index contributed by atoms with van der Waals surface area (Å²) < 4.78 is 27.4. The van der Waals surface area contributed by atoms with Crippen molar-refractivity contribution in [2.24, 2.45) is 5.92 Å². The molecule has 1 saturated heterocycles. The number of anilines is 1. The van der Waals surface area contributed by atoms with E-state index < -0.39 is 10.0 Å². The van der Waals surface area contributed by atoms with E-state index in [0.29, 0.717) is 25.4 Å². The summed E-state index contributed by atoms with van der Waals surface area (Å²) in [5.74, 6) is 0.584. The fraction of sp³-hybridized carbons (Fsp3) is 0.588. The molecule has 1 aromatic rings. The third kappa shape index (κ3) is 3.93. The second kappa shape index (κ2) is 7.01. The molecule has 1 aromatic carbocycles. The van der Waals surface area contributed by atoms with Gasteiger partial charge in [-0.2, -0.15) is 0 Å². The van der Waals surface area contributed by atoms with Crippen LogP contribution in [0.3, 0.4) is 0 Å². The summed E-state index contributed by atoms with van der Waals surface area (Å²) in [6.45, 7) is 1.24. The predicted octanol–water partition coefficient (Wildman–Crippen LogP) is 2.67. The summed E-state index contributed by atoms with van der Waals surface area (Å²) in [5, 5.41) is 0. The maximum atomic E-state index is 12.3. The Balaban J connectivity index is 1.66. The Kier molecular flexibility index (Phi) is 5.02. The number of nitrogens with zero attached hydrogens (tertiary/aromatic N) is 1. The van der Waals surface area contributed by atoms with Gasteiger partial charge in [0.1, 0.15) is 0 Å². The predicted molar refractivity (Wildman–Crippen MR) is 89.8 cm³/mol. The summed E-state index contributed by atoms with van der Waals surface area (Å²) in [7, 11) is -3.46. The van der Waals surface area contributed by atoms with Crippen LogP contribution in [0.15, 0.2) is 29.2 Å². The average Bonchev–Trinajstić information content (AvgIpc) is 3.07. The molecule has 1 aliphatic heterocycles. The first-order chi connectivity index (χ1) is 11.1. The lowest BCUT2D eigenvalue weighted by Crippen LogP contribution is -2.35. The van der Waals surface area contributed by atoms with Gasteiger partial charge in [0.25, 0.3) is 0 Å². The average molecular weight is 336 g/mol. The molecular formula is C17H24N2O3S. The summed E-state index contributed by atoms with van der Waals surface area (Å²) in [6.07, 6.45) is 7.12. The van der Waals surface area contributed by atoms with Crippen LogP contribution in [0.1, 0.15) is 44.9 Å². The molecule has 1 amide bonds. The smallest absolute Gasteiger partial charge is 0.240 e. The van der Waals surface area contributed by atoms with Gasteiger partial charge < -0.3 is 4.90 Å². The summed E-state index contributed by atoms with van der Waals surface area (Å²) in [5.41, 5.74) is 0.782. The quantitative estimate of drug-likeness (QED) is 0.899. The lowest BCUT2D eigenvalue weighted by Gasteiger charge is -2.26. The normalized spacial score (nSPS) is 20.2. The SMILES string of the molecule is O=C1CCCCN1c1ccc(S(=O)(=O)NCC2CCCC2)cc1. The molecule has 0 spiro atoms. The summed E-state index contributed by atoms with van der Waals surface area (Å²) in [6, 6.07) is 6.64. The molecule has 3 rings (SSSR count). The van der Waals surface area contributed by atoms with Gasteiger partial charge in [0.05, 0.1) is 4.90 Å². The second-order valence-electron chi connectivity index (χ2n) is 6.50. The van der Waals surface area contributed by atoms with Crippen LogP contribution in [0.4, 0.5) is 5.69 Å². The van der Waals surface area contributed by atoms with E-state index in [4.69, 9.17) is 0 Å². The molecule has 5 nitrogen and oxygen atoms in total. The molecule has 2 fully saturated rings. The van der Waals surface area contributed by atoms with Crippen molar-refractivity contribution >= 4 is 21.6 Å². The molecule has 1 aliphatic carbocycles. The van der Waals surface area contributed by atoms with Gasteiger partial charge in [0.2, 0.25) is 15.9 Å². The Hall–Kier alpha value is -1.40. The van der Waals surface area contributed by atoms with Gasteiger partial charge in [-0.25, -0.2) is 13.1 Å². The first kappa shape index (κ1) is 16.5. The van der Waals surface area contributed by atoms with Crippen molar-refractivity contribution in [1.29, 1.82) is 0 Å². The lowest BCUT2D eigenvalue weighted by atomic mass is 10.1. The minimum atomic E-state index is -3.46. The first-order valence-electron chi connectivity index (χ1n) is 8.46. The number of nitrogens with one attached hydrogen (secondary N) is 1. The van der Waals surface area contributed by atoms with Crippen molar-refractivity contribution in [3.05, 3.63) is 24.3 Å². The zero-order valence-electron chi connectivity index (χ0n) is 13.3. The third-order valence-corrected chi connectivity index (χ3v) is 6.26. The maximum absolute atomic E-state index is 12.3. The molecule has 23 heavy (non-hydrogen) atoms. The summed E-state index contributed by atoms with van der Waals surface area (Å²) >= 11 is 0. The van der Waals surface area contributed by atoms with Crippen molar-refractivity contribution in [2.75, 3.05) is 18.0 Å². The number of hydrogen-bond donors (Lipinski definition) is 1. The Morgan fingerprint density at radius 3 is 2.39 bits per heavy atom. The Morgan fingerprint density at radius 2 is 1.74 bits per heavy atom. The fourth-order valence-electron chi connectivity index (χ4n) is 3.41. The number of benzene rings is 1. The van der Waals surface area contributed by atoms with Crippen molar-refractivity contribution in [2.45, 2.75) is 49.8 Å². The molecule has 2 aliphatic rings. The number of rotatable bonds is 5. The molecule has 0 atom stereocenters. The van der Waals surface area contributed by atoms with E-state index in [2.05, 4.69) is 4.72 Å². The van der Waals surface area contributed by atoms with E-state index in [1.54, 1.807) is 29.2 Å². The topological polar surface area (TPSA) is 66.5 Å². The van der Waals surface area contributed by atoms with Crippen molar-refractivity contribution in [3.8, 4) is 0 Å². The molecular weight excluding hydrogens is 312 g/mol. The van der Waals surface area contributed by atoms with Crippen LogP contribution < -0.4 is 9.62 Å². The van der Waals surface area contributed by atoms with Crippen LogP contribution in [0.5, 0.6) is 0 Å².